The molecule has 0 aliphatic heterocycles. The number of pyridine rings is 1. The van der Waals surface area contributed by atoms with Crippen LogP contribution >= 0.6 is 24.0 Å². The van der Waals surface area contributed by atoms with Crippen molar-refractivity contribution in [2.24, 2.45) is 4.99 Å². The number of fused-ring (bicyclic) bond motifs is 1. The molecule has 0 saturated carbocycles. The SMILES string of the molecule is CN=C(NCCCc1nnc2ccccn12)NCC(C)c1cccc(C)c1.I. The lowest BCUT2D eigenvalue weighted by atomic mass is 9.99. The van der Waals surface area contributed by atoms with Crippen molar-refractivity contribution in [2.75, 3.05) is 20.1 Å². The minimum atomic E-state index is 0. The van der Waals surface area contributed by atoms with E-state index in [0.29, 0.717) is 5.92 Å². The summed E-state index contributed by atoms with van der Waals surface area (Å²) in [4.78, 5) is 4.32. The summed E-state index contributed by atoms with van der Waals surface area (Å²) in [5.41, 5.74) is 3.53. The second-order valence-corrected chi connectivity index (χ2v) is 6.84. The van der Waals surface area contributed by atoms with Gasteiger partial charge in [-0.05, 0) is 37.0 Å². The Bertz CT molecular complexity index is 905. The summed E-state index contributed by atoms with van der Waals surface area (Å²) in [5.74, 6) is 2.25. The maximum Gasteiger partial charge on any atom is 0.190 e. The average Bonchev–Trinajstić information content (AvgIpc) is 3.10. The molecule has 0 saturated heterocycles. The van der Waals surface area contributed by atoms with Crippen molar-refractivity contribution in [1.82, 2.24) is 25.2 Å². The molecule has 2 aromatic heterocycles. The van der Waals surface area contributed by atoms with Crippen molar-refractivity contribution in [3.8, 4) is 0 Å². The maximum atomic E-state index is 4.32. The van der Waals surface area contributed by atoms with Gasteiger partial charge in [0.15, 0.2) is 11.6 Å². The normalized spacial score (nSPS) is 12.5. The van der Waals surface area contributed by atoms with Crippen LogP contribution in [0.25, 0.3) is 5.65 Å². The highest BCUT2D eigenvalue weighted by Crippen LogP contribution is 2.15. The fraction of sp³-hybridized carbons (Fsp3) is 0.381. The molecule has 1 atom stereocenters. The Kier molecular flexibility index (Phi) is 8.69. The van der Waals surface area contributed by atoms with Crippen LogP contribution in [-0.2, 0) is 6.42 Å². The molecule has 6 nitrogen and oxygen atoms in total. The number of nitrogens with one attached hydrogen (secondary N) is 2. The van der Waals surface area contributed by atoms with Crippen molar-refractivity contribution < 1.29 is 0 Å². The Morgan fingerprint density at radius 1 is 1.14 bits per heavy atom. The lowest BCUT2D eigenvalue weighted by Crippen LogP contribution is -2.39. The molecule has 150 valence electrons. The average molecular weight is 492 g/mol. The summed E-state index contributed by atoms with van der Waals surface area (Å²) >= 11 is 0. The predicted octanol–water partition coefficient (Wildman–Crippen LogP) is 3.56. The van der Waals surface area contributed by atoms with Crippen LogP contribution in [0.4, 0.5) is 0 Å². The quantitative estimate of drug-likeness (QED) is 0.229. The number of guanidine groups is 1. The number of aromatic nitrogens is 3. The van der Waals surface area contributed by atoms with Crippen LogP contribution in [0.1, 0.15) is 36.2 Å². The van der Waals surface area contributed by atoms with Crippen LogP contribution in [0.2, 0.25) is 0 Å². The lowest BCUT2D eigenvalue weighted by Gasteiger charge is -2.16. The second-order valence-electron chi connectivity index (χ2n) is 6.84. The lowest BCUT2D eigenvalue weighted by molar-refractivity contribution is 0.681. The van der Waals surface area contributed by atoms with Gasteiger partial charge in [0, 0.05) is 32.8 Å². The molecule has 0 aliphatic rings. The monoisotopic (exact) mass is 492 g/mol. The minimum absolute atomic E-state index is 0. The summed E-state index contributed by atoms with van der Waals surface area (Å²) in [6, 6.07) is 14.6. The highest BCUT2D eigenvalue weighted by Gasteiger charge is 2.07. The minimum Gasteiger partial charge on any atom is -0.356 e. The molecule has 0 spiro atoms. The third-order valence-electron chi connectivity index (χ3n) is 4.66. The van der Waals surface area contributed by atoms with Crippen LogP contribution in [0, 0.1) is 6.92 Å². The first-order valence-electron chi connectivity index (χ1n) is 9.47. The Hall–Kier alpha value is -2.16. The molecular formula is C21H29IN6. The molecule has 0 bridgehead atoms. The third-order valence-corrected chi connectivity index (χ3v) is 4.66. The Balaban J connectivity index is 0.00000280. The second kappa shape index (κ2) is 11.0. The van der Waals surface area contributed by atoms with E-state index in [1.54, 1.807) is 7.05 Å². The van der Waals surface area contributed by atoms with Gasteiger partial charge in [0.05, 0.1) is 0 Å². The topological polar surface area (TPSA) is 66.6 Å². The molecule has 0 fully saturated rings. The van der Waals surface area contributed by atoms with Crippen LogP contribution in [0.15, 0.2) is 53.7 Å². The largest absolute Gasteiger partial charge is 0.356 e. The zero-order valence-electron chi connectivity index (χ0n) is 16.7. The van der Waals surface area contributed by atoms with Gasteiger partial charge in [0.25, 0.3) is 0 Å². The number of hydrogen-bond donors (Lipinski definition) is 2. The Morgan fingerprint density at radius 3 is 2.79 bits per heavy atom. The molecule has 7 heteroatoms. The zero-order valence-corrected chi connectivity index (χ0v) is 19.1. The predicted molar refractivity (Wildman–Crippen MR) is 126 cm³/mol. The summed E-state index contributed by atoms with van der Waals surface area (Å²) in [6.07, 6.45) is 3.84. The molecule has 1 aromatic carbocycles. The van der Waals surface area contributed by atoms with Gasteiger partial charge in [0.1, 0.15) is 5.82 Å². The van der Waals surface area contributed by atoms with Crippen molar-refractivity contribution in [2.45, 2.75) is 32.6 Å². The van der Waals surface area contributed by atoms with E-state index < -0.39 is 0 Å². The third kappa shape index (κ3) is 5.92. The Morgan fingerprint density at radius 2 is 2.00 bits per heavy atom. The molecule has 2 heterocycles. The standard InChI is InChI=1S/C21H28N6.HI/c1-16-8-6-9-18(14-16)17(2)15-24-21(22-3)23-12-7-11-20-26-25-19-10-4-5-13-27(19)20;/h4-6,8-10,13-14,17H,7,11-12,15H2,1-3H3,(H2,22,23,24);1H. The van der Waals surface area contributed by atoms with Crippen LogP contribution < -0.4 is 10.6 Å². The van der Waals surface area contributed by atoms with E-state index in [0.717, 1.165) is 43.4 Å². The molecule has 3 rings (SSSR count). The summed E-state index contributed by atoms with van der Waals surface area (Å²) in [5, 5.41) is 15.3. The number of hydrogen-bond acceptors (Lipinski definition) is 3. The molecule has 28 heavy (non-hydrogen) atoms. The molecule has 3 aromatic rings. The smallest absolute Gasteiger partial charge is 0.190 e. The summed E-state index contributed by atoms with van der Waals surface area (Å²) < 4.78 is 2.04. The number of aliphatic imine (C=N–C) groups is 1. The molecule has 0 amide bonds. The van der Waals surface area contributed by atoms with Gasteiger partial charge in [-0.1, -0.05) is 42.8 Å². The fourth-order valence-corrected chi connectivity index (χ4v) is 3.08. The van der Waals surface area contributed by atoms with Gasteiger partial charge in [-0.25, -0.2) is 0 Å². The van der Waals surface area contributed by atoms with Gasteiger partial charge in [-0.15, -0.1) is 34.2 Å². The van der Waals surface area contributed by atoms with Crippen LogP contribution in [0.3, 0.4) is 0 Å². The highest BCUT2D eigenvalue weighted by molar-refractivity contribution is 14.0. The molecule has 1 unspecified atom stereocenters. The van der Waals surface area contributed by atoms with E-state index in [2.05, 4.69) is 63.9 Å². The van der Waals surface area contributed by atoms with E-state index in [4.69, 9.17) is 0 Å². The maximum absolute atomic E-state index is 4.32. The van der Waals surface area contributed by atoms with Crippen LogP contribution in [-0.4, -0.2) is 40.7 Å². The molecule has 0 aliphatic carbocycles. The Labute approximate surface area is 183 Å². The number of rotatable bonds is 7. The first-order chi connectivity index (χ1) is 13.2. The van der Waals surface area contributed by atoms with E-state index in [1.807, 2.05) is 28.8 Å². The van der Waals surface area contributed by atoms with Crippen molar-refractivity contribution in [3.63, 3.8) is 0 Å². The van der Waals surface area contributed by atoms with E-state index in [-0.39, 0.29) is 24.0 Å². The first-order valence-corrected chi connectivity index (χ1v) is 9.47. The van der Waals surface area contributed by atoms with Crippen molar-refractivity contribution in [3.05, 3.63) is 65.6 Å². The first kappa shape index (κ1) is 22.1. The van der Waals surface area contributed by atoms with E-state index >= 15 is 0 Å². The van der Waals surface area contributed by atoms with E-state index in [9.17, 15) is 0 Å². The van der Waals surface area contributed by atoms with Gasteiger partial charge >= 0.3 is 0 Å². The molecule has 0 radical (unpaired) electrons. The highest BCUT2D eigenvalue weighted by atomic mass is 127. The fourth-order valence-electron chi connectivity index (χ4n) is 3.08. The summed E-state index contributed by atoms with van der Waals surface area (Å²) in [7, 11) is 1.80. The molecular weight excluding hydrogens is 463 g/mol. The van der Waals surface area contributed by atoms with Gasteiger partial charge in [-0.3, -0.25) is 9.39 Å². The molecule has 2 N–H and O–H groups in total. The van der Waals surface area contributed by atoms with E-state index in [1.165, 1.54) is 11.1 Å². The van der Waals surface area contributed by atoms with Gasteiger partial charge in [0.2, 0.25) is 0 Å². The number of nitrogens with zero attached hydrogens (tertiary/aromatic N) is 4. The number of benzene rings is 1. The van der Waals surface area contributed by atoms with Gasteiger partial charge < -0.3 is 10.6 Å². The number of halogens is 1. The van der Waals surface area contributed by atoms with Crippen molar-refractivity contribution in [1.29, 1.82) is 0 Å². The van der Waals surface area contributed by atoms with Crippen LogP contribution in [0.5, 0.6) is 0 Å². The number of aryl methyl sites for hydroxylation is 2. The summed E-state index contributed by atoms with van der Waals surface area (Å²) in [6.45, 7) is 6.03. The van der Waals surface area contributed by atoms with Crippen molar-refractivity contribution >= 4 is 35.6 Å². The zero-order chi connectivity index (χ0) is 19.1. The van der Waals surface area contributed by atoms with Gasteiger partial charge in [-0.2, -0.15) is 0 Å².